The molecule has 1 amide bonds. The van der Waals surface area contributed by atoms with Crippen LogP contribution in [0.5, 0.6) is 5.75 Å². The summed E-state index contributed by atoms with van der Waals surface area (Å²) in [6.45, 7) is 2.03. The van der Waals surface area contributed by atoms with Crippen LogP contribution >= 0.6 is 0 Å². The maximum absolute atomic E-state index is 12.7. The number of fused-ring (bicyclic) bond motifs is 1. The van der Waals surface area contributed by atoms with E-state index < -0.39 is 0 Å². The number of hydrogen-bond donors (Lipinski definition) is 1. The van der Waals surface area contributed by atoms with Crippen LogP contribution in [0.25, 0.3) is 16.9 Å². The molecule has 0 fully saturated rings. The average molecular weight is 357 g/mol. The summed E-state index contributed by atoms with van der Waals surface area (Å²) in [5, 5.41) is 2.99. The Labute approximate surface area is 157 Å². The summed E-state index contributed by atoms with van der Waals surface area (Å²) in [5.74, 6) is 0.452. The first-order valence-corrected chi connectivity index (χ1v) is 8.65. The second-order valence-electron chi connectivity index (χ2n) is 6.28. The number of nitrogens with one attached hydrogen (secondary N) is 1. The van der Waals surface area contributed by atoms with Gasteiger partial charge in [0, 0.05) is 23.5 Å². The van der Waals surface area contributed by atoms with Gasteiger partial charge in [0.2, 0.25) is 0 Å². The van der Waals surface area contributed by atoms with Gasteiger partial charge in [-0.3, -0.25) is 4.79 Å². The van der Waals surface area contributed by atoms with Gasteiger partial charge in [0.1, 0.15) is 11.4 Å². The minimum Gasteiger partial charge on any atom is -0.497 e. The number of carbonyl (C=O) groups excluding carboxylic acids is 1. The molecule has 0 aliphatic heterocycles. The zero-order valence-corrected chi connectivity index (χ0v) is 15.1. The van der Waals surface area contributed by atoms with Crippen LogP contribution in [0.1, 0.15) is 15.9 Å². The van der Waals surface area contributed by atoms with Gasteiger partial charge in [0.05, 0.1) is 18.5 Å². The molecule has 27 heavy (non-hydrogen) atoms. The number of methoxy groups -OCH3 is 1. The predicted octanol–water partition coefficient (Wildman–Crippen LogP) is 4.57. The molecular formula is C22H19N3O2. The van der Waals surface area contributed by atoms with Crippen molar-refractivity contribution in [3.8, 4) is 17.0 Å². The predicted molar refractivity (Wildman–Crippen MR) is 106 cm³/mol. The number of aryl methyl sites for hydroxylation is 1. The lowest BCUT2D eigenvalue weighted by molar-refractivity contribution is 0.102. The zero-order chi connectivity index (χ0) is 18.8. The number of nitrogens with zero attached hydrogens (tertiary/aromatic N) is 2. The molecule has 0 aliphatic carbocycles. The molecule has 0 aliphatic rings. The standard InChI is InChI=1S/C22H19N3O2/c1-15-7-6-12-25-14-20(23-21(15)25)18-10-3-4-11-19(18)24-22(26)16-8-5-9-17(13-16)27-2/h3-14H,1-2H3,(H,24,26). The summed E-state index contributed by atoms with van der Waals surface area (Å²) < 4.78 is 7.19. The second-order valence-corrected chi connectivity index (χ2v) is 6.28. The van der Waals surface area contributed by atoms with Crippen molar-refractivity contribution in [1.29, 1.82) is 0 Å². The Morgan fingerprint density at radius 1 is 1.07 bits per heavy atom. The molecule has 4 rings (SSSR count). The summed E-state index contributed by atoms with van der Waals surface area (Å²) in [4.78, 5) is 17.4. The molecule has 2 heterocycles. The van der Waals surface area contributed by atoms with E-state index in [0.717, 1.165) is 22.5 Å². The van der Waals surface area contributed by atoms with Crippen LogP contribution in [0, 0.1) is 6.92 Å². The third-order valence-electron chi connectivity index (χ3n) is 4.46. The fourth-order valence-electron chi connectivity index (χ4n) is 3.06. The van der Waals surface area contributed by atoms with Crippen molar-refractivity contribution in [2.75, 3.05) is 12.4 Å². The molecule has 5 heteroatoms. The van der Waals surface area contributed by atoms with Crippen LogP contribution in [0.3, 0.4) is 0 Å². The molecule has 1 N–H and O–H groups in total. The first-order chi connectivity index (χ1) is 13.2. The van der Waals surface area contributed by atoms with Crippen molar-refractivity contribution in [3.05, 3.63) is 84.2 Å². The number of aromatic nitrogens is 2. The van der Waals surface area contributed by atoms with Gasteiger partial charge in [-0.05, 0) is 42.8 Å². The molecule has 5 nitrogen and oxygen atoms in total. The van der Waals surface area contributed by atoms with Gasteiger partial charge >= 0.3 is 0 Å². The van der Waals surface area contributed by atoms with Crippen molar-refractivity contribution in [1.82, 2.24) is 9.38 Å². The van der Waals surface area contributed by atoms with E-state index in [1.807, 2.05) is 66.2 Å². The Morgan fingerprint density at radius 2 is 1.93 bits per heavy atom. The molecular weight excluding hydrogens is 338 g/mol. The van der Waals surface area contributed by atoms with Crippen LogP contribution in [-0.2, 0) is 0 Å². The van der Waals surface area contributed by atoms with E-state index in [9.17, 15) is 4.79 Å². The number of carbonyl (C=O) groups is 1. The van der Waals surface area contributed by atoms with Crippen LogP contribution in [0.2, 0.25) is 0 Å². The molecule has 0 unspecified atom stereocenters. The molecule has 2 aromatic heterocycles. The first-order valence-electron chi connectivity index (χ1n) is 8.65. The Balaban J connectivity index is 1.70. The number of rotatable bonds is 4. The van der Waals surface area contributed by atoms with Crippen LogP contribution in [0.4, 0.5) is 5.69 Å². The fraction of sp³-hybridized carbons (Fsp3) is 0.0909. The van der Waals surface area contributed by atoms with Crippen molar-refractivity contribution in [2.24, 2.45) is 0 Å². The largest absolute Gasteiger partial charge is 0.497 e. The maximum atomic E-state index is 12.7. The summed E-state index contributed by atoms with van der Waals surface area (Å²) >= 11 is 0. The minimum atomic E-state index is -0.193. The summed E-state index contributed by atoms with van der Waals surface area (Å²) in [7, 11) is 1.58. The molecule has 4 aromatic rings. The SMILES string of the molecule is COc1cccc(C(=O)Nc2ccccc2-c2cn3cccc(C)c3n2)c1. The summed E-state index contributed by atoms with van der Waals surface area (Å²) in [5.41, 5.74) is 4.94. The molecule has 0 atom stereocenters. The first kappa shape index (κ1) is 16.8. The highest BCUT2D eigenvalue weighted by Crippen LogP contribution is 2.28. The highest BCUT2D eigenvalue weighted by molar-refractivity contribution is 6.06. The van der Waals surface area contributed by atoms with E-state index in [0.29, 0.717) is 17.0 Å². The molecule has 0 spiro atoms. The number of pyridine rings is 1. The molecule has 0 saturated heterocycles. The van der Waals surface area contributed by atoms with Gasteiger partial charge in [-0.15, -0.1) is 0 Å². The fourth-order valence-corrected chi connectivity index (χ4v) is 3.06. The summed E-state index contributed by atoms with van der Waals surface area (Å²) in [6, 6.07) is 18.8. The highest BCUT2D eigenvalue weighted by atomic mass is 16.5. The Bertz CT molecular complexity index is 1130. The van der Waals surface area contributed by atoms with Gasteiger partial charge < -0.3 is 14.5 Å². The van der Waals surface area contributed by atoms with E-state index in [1.54, 1.807) is 25.3 Å². The average Bonchev–Trinajstić information content (AvgIpc) is 3.14. The van der Waals surface area contributed by atoms with Crippen LogP contribution in [0.15, 0.2) is 73.1 Å². The van der Waals surface area contributed by atoms with Gasteiger partial charge in [0.15, 0.2) is 0 Å². The Kier molecular flexibility index (Phi) is 4.34. The number of imidazole rings is 1. The van der Waals surface area contributed by atoms with Crippen molar-refractivity contribution in [2.45, 2.75) is 6.92 Å². The van der Waals surface area contributed by atoms with Crippen LogP contribution < -0.4 is 10.1 Å². The van der Waals surface area contributed by atoms with E-state index in [4.69, 9.17) is 9.72 Å². The molecule has 0 saturated carbocycles. The second kappa shape index (κ2) is 6.96. The molecule has 0 bridgehead atoms. The number of amides is 1. The lowest BCUT2D eigenvalue weighted by Gasteiger charge is -2.10. The van der Waals surface area contributed by atoms with E-state index >= 15 is 0 Å². The van der Waals surface area contributed by atoms with E-state index in [2.05, 4.69) is 5.32 Å². The number of ether oxygens (including phenoxy) is 1. The topological polar surface area (TPSA) is 55.6 Å². The number of hydrogen-bond acceptors (Lipinski definition) is 3. The quantitative estimate of drug-likeness (QED) is 0.582. The third kappa shape index (κ3) is 3.27. The van der Waals surface area contributed by atoms with Gasteiger partial charge in [-0.25, -0.2) is 4.98 Å². The van der Waals surface area contributed by atoms with Gasteiger partial charge in [-0.1, -0.05) is 30.3 Å². The zero-order valence-electron chi connectivity index (χ0n) is 15.1. The Morgan fingerprint density at radius 3 is 2.74 bits per heavy atom. The molecule has 0 radical (unpaired) electrons. The number of anilines is 1. The highest BCUT2D eigenvalue weighted by Gasteiger charge is 2.13. The number of para-hydroxylation sites is 1. The third-order valence-corrected chi connectivity index (χ3v) is 4.46. The Hall–Kier alpha value is -3.60. The van der Waals surface area contributed by atoms with E-state index in [1.165, 1.54) is 0 Å². The number of benzene rings is 2. The monoisotopic (exact) mass is 357 g/mol. The van der Waals surface area contributed by atoms with Crippen LogP contribution in [-0.4, -0.2) is 22.4 Å². The van der Waals surface area contributed by atoms with Gasteiger partial charge in [-0.2, -0.15) is 0 Å². The van der Waals surface area contributed by atoms with Crippen molar-refractivity contribution >= 4 is 17.2 Å². The minimum absolute atomic E-state index is 0.193. The maximum Gasteiger partial charge on any atom is 0.255 e. The lowest BCUT2D eigenvalue weighted by Crippen LogP contribution is -2.12. The smallest absolute Gasteiger partial charge is 0.255 e. The molecule has 2 aromatic carbocycles. The van der Waals surface area contributed by atoms with E-state index in [-0.39, 0.29) is 5.91 Å². The van der Waals surface area contributed by atoms with Crippen molar-refractivity contribution < 1.29 is 9.53 Å². The molecule has 134 valence electrons. The lowest BCUT2D eigenvalue weighted by atomic mass is 10.1. The normalized spacial score (nSPS) is 10.7. The van der Waals surface area contributed by atoms with Crippen molar-refractivity contribution in [3.63, 3.8) is 0 Å². The summed E-state index contributed by atoms with van der Waals surface area (Å²) in [6.07, 6.45) is 3.94. The van der Waals surface area contributed by atoms with Gasteiger partial charge in [0.25, 0.3) is 5.91 Å².